The SMILES string of the molecule is CCCC1CCC(NCCNS(C)(=O)=O)CC1. The summed E-state index contributed by atoms with van der Waals surface area (Å²) in [6, 6.07) is 0.587. The molecule has 0 spiro atoms. The molecular formula is C12H26N2O2S. The average molecular weight is 262 g/mol. The summed E-state index contributed by atoms with van der Waals surface area (Å²) in [7, 11) is -3.03. The molecule has 5 heteroatoms. The molecule has 1 fully saturated rings. The van der Waals surface area contributed by atoms with Crippen LogP contribution in [-0.2, 0) is 10.0 Å². The van der Waals surface area contributed by atoms with E-state index in [1.807, 2.05) is 0 Å². The number of hydrogen-bond donors (Lipinski definition) is 2. The predicted molar refractivity (Wildman–Crippen MR) is 71.5 cm³/mol. The first-order valence-electron chi connectivity index (χ1n) is 6.69. The van der Waals surface area contributed by atoms with Crippen molar-refractivity contribution in [3.05, 3.63) is 0 Å². The molecule has 0 amide bonds. The molecule has 0 atom stereocenters. The molecule has 2 N–H and O–H groups in total. The summed E-state index contributed by atoms with van der Waals surface area (Å²) in [5.74, 6) is 0.923. The minimum Gasteiger partial charge on any atom is -0.313 e. The van der Waals surface area contributed by atoms with Gasteiger partial charge in [0.25, 0.3) is 0 Å². The predicted octanol–water partition coefficient (Wildman–Crippen LogP) is 1.48. The van der Waals surface area contributed by atoms with E-state index in [1.54, 1.807) is 0 Å². The van der Waals surface area contributed by atoms with Crippen LogP contribution in [-0.4, -0.2) is 33.8 Å². The smallest absolute Gasteiger partial charge is 0.208 e. The Morgan fingerprint density at radius 1 is 1.12 bits per heavy atom. The van der Waals surface area contributed by atoms with Gasteiger partial charge in [-0.25, -0.2) is 13.1 Å². The first-order valence-corrected chi connectivity index (χ1v) is 8.58. The maximum Gasteiger partial charge on any atom is 0.208 e. The zero-order chi connectivity index (χ0) is 12.7. The molecule has 0 radical (unpaired) electrons. The largest absolute Gasteiger partial charge is 0.313 e. The van der Waals surface area contributed by atoms with Crippen LogP contribution in [0.4, 0.5) is 0 Å². The van der Waals surface area contributed by atoms with Gasteiger partial charge in [0, 0.05) is 19.1 Å². The van der Waals surface area contributed by atoms with Crippen LogP contribution in [0.1, 0.15) is 45.4 Å². The maximum atomic E-state index is 10.9. The lowest BCUT2D eigenvalue weighted by Crippen LogP contribution is -2.38. The summed E-state index contributed by atoms with van der Waals surface area (Å²) >= 11 is 0. The van der Waals surface area contributed by atoms with E-state index >= 15 is 0 Å². The summed E-state index contributed by atoms with van der Waals surface area (Å²) in [4.78, 5) is 0. The summed E-state index contributed by atoms with van der Waals surface area (Å²) in [6.07, 6.45) is 8.98. The number of nitrogens with one attached hydrogen (secondary N) is 2. The Bertz CT molecular complexity index is 296. The average Bonchev–Trinajstić information content (AvgIpc) is 2.26. The quantitative estimate of drug-likeness (QED) is 0.683. The molecule has 0 aliphatic heterocycles. The van der Waals surface area contributed by atoms with Gasteiger partial charge in [-0.1, -0.05) is 19.8 Å². The maximum absolute atomic E-state index is 10.9. The molecule has 0 aromatic carbocycles. The molecule has 17 heavy (non-hydrogen) atoms. The van der Waals surface area contributed by atoms with Gasteiger partial charge < -0.3 is 5.32 Å². The molecule has 1 aliphatic rings. The lowest BCUT2D eigenvalue weighted by Gasteiger charge is -2.29. The van der Waals surface area contributed by atoms with E-state index in [2.05, 4.69) is 17.0 Å². The van der Waals surface area contributed by atoms with Crippen LogP contribution >= 0.6 is 0 Å². The fourth-order valence-corrected chi connectivity index (χ4v) is 3.05. The Morgan fingerprint density at radius 2 is 1.76 bits per heavy atom. The monoisotopic (exact) mass is 262 g/mol. The van der Waals surface area contributed by atoms with Gasteiger partial charge in [0.05, 0.1) is 6.26 Å². The highest BCUT2D eigenvalue weighted by atomic mass is 32.2. The van der Waals surface area contributed by atoms with E-state index in [-0.39, 0.29) is 0 Å². The van der Waals surface area contributed by atoms with Crippen molar-refractivity contribution >= 4 is 10.0 Å². The Morgan fingerprint density at radius 3 is 2.29 bits per heavy atom. The van der Waals surface area contributed by atoms with Gasteiger partial charge in [-0.2, -0.15) is 0 Å². The normalized spacial score (nSPS) is 26.0. The van der Waals surface area contributed by atoms with Crippen LogP contribution in [0.2, 0.25) is 0 Å². The third kappa shape index (κ3) is 7.01. The second-order valence-electron chi connectivity index (χ2n) is 5.13. The number of hydrogen-bond acceptors (Lipinski definition) is 3. The van der Waals surface area contributed by atoms with E-state index in [0.717, 1.165) is 12.5 Å². The summed E-state index contributed by atoms with van der Waals surface area (Å²) < 4.78 is 24.2. The molecule has 1 saturated carbocycles. The highest BCUT2D eigenvalue weighted by molar-refractivity contribution is 7.88. The minimum absolute atomic E-state index is 0.494. The van der Waals surface area contributed by atoms with Crippen LogP contribution in [0.5, 0.6) is 0 Å². The molecule has 0 bridgehead atoms. The molecule has 1 rings (SSSR count). The van der Waals surface area contributed by atoms with E-state index in [0.29, 0.717) is 12.6 Å². The lowest BCUT2D eigenvalue weighted by molar-refractivity contribution is 0.279. The highest BCUT2D eigenvalue weighted by Crippen LogP contribution is 2.27. The molecule has 0 heterocycles. The fraction of sp³-hybridized carbons (Fsp3) is 1.00. The molecule has 0 aromatic rings. The third-order valence-electron chi connectivity index (χ3n) is 3.47. The Labute approximate surface area is 106 Å². The van der Waals surface area contributed by atoms with Crippen LogP contribution in [0.3, 0.4) is 0 Å². The van der Waals surface area contributed by atoms with Crippen molar-refractivity contribution in [3.63, 3.8) is 0 Å². The van der Waals surface area contributed by atoms with Gasteiger partial charge in [0.2, 0.25) is 10.0 Å². The zero-order valence-electron chi connectivity index (χ0n) is 11.0. The zero-order valence-corrected chi connectivity index (χ0v) is 11.9. The summed E-state index contributed by atoms with van der Waals surface area (Å²) in [5, 5.41) is 3.43. The van der Waals surface area contributed by atoms with Gasteiger partial charge in [0.15, 0.2) is 0 Å². The van der Waals surface area contributed by atoms with E-state index in [9.17, 15) is 8.42 Å². The molecule has 102 valence electrons. The van der Waals surface area contributed by atoms with Crippen molar-refractivity contribution in [1.29, 1.82) is 0 Å². The fourth-order valence-electron chi connectivity index (χ4n) is 2.58. The van der Waals surface area contributed by atoms with Crippen molar-refractivity contribution in [3.8, 4) is 0 Å². The van der Waals surface area contributed by atoms with E-state index < -0.39 is 10.0 Å². The first-order chi connectivity index (χ1) is 8.01. The van der Waals surface area contributed by atoms with Crippen molar-refractivity contribution < 1.29 is 8.42 Å². The van der Waals surface area contributed by atoms with E-state index in [4.69, 9.17) is 0 Å². The van der Waals surface area contributed by atoms with Crippen molar-refractivity contribution in [2.45, 2.75) is 51.5 Å². The van der Waals surface area contributed by atoms with Crippen LogP contribution in [0, 0.1) is 5.92 Å². The standard InChI is InChI=1S/C12H26N2O2S/c1-3-4-11-5-7-12(8-6-11)13-9-10-14-17(2,15)16/h11-14H,3-10H2,1-2H3. The van der Waals surface area contributed by atoms with Gasteiger partial charge in [-0.05, 0) is 31.6 Å². The Kier molecular flexibility index (Phi) is 6.44. The Hall–Kier alpha value is -0.130. The topological polar surface area (TPSA) is 58.2 Å². The molecule has 0 unspecified atom stereocenters. The minimum atomic E-state index is -3.03. The molecule has 0 saturated heterocycles. The van der Waals surface area contributed by atoms with Gasteiger partial charge >= 0.3 is 0 Å². The second-order valence-corrected chi connectivity index (χ2v) is 6.96. The van der Waals surface area contributed by atoms with Crippen molar-refractivity contribution in [1.82, 2.24) is 10.0 Å². The van der Waals surface area contributed by atoms with Crippen LogP contribution < -0.4 is 10.0 Å². The highest BCUT2D eigenvalue weighted by Gasteiger charge is 2.19. The van der Waals surface area contributed by atoms with Gasteiger partial charge in [-0.3, -0.25) is 0 Å². The summed E-state index contributed by atoms with van der Waals surface area (Å²) in [6.45, 7) is 3.48. The summed E-state index contributed by atoms with van der Waals surface area (Å²) in [5.41, 5.74) is 0. The first kappa shape index (κ1) is 14.9. The number of sulfonamides is 1. The van der Waals surface area contributed by atoms with Crippen molar-refractivity contribution in [2.75, 3.05) is 19.3 Å². The second kappa shape index (κ2) is 7.34. The van der Waals surface area contributed by atoms with Crippen LogP contribution in [0.15, 0.2) is 0 Å². The Balaban J connectivity index is 2.06. The van der Waals surface area contributed by atoms with Gasteiger partial charge in [0.1, 0.15) is 0 Å². The molecule has 4 nitrogen and oxygen atoms in total. The van der Waals surface area contributed by atoms with Crippen molar-refractivity contribution in [2.24, 2.45) is 5.92 Å². The molecular weight excluding hydrogens is 236 g/mol. The molecule has 1 aliphatic carbocycles. The van der Waals surface area contributed by atoms with Crippen LogP contribution in [0.25, 0.3) is 0 Å². The third-order valence-corrected chi connectivity index (χ3v) is 4.19. The van der Waals surface area contributed by atoms with E-state index in [1.165, 1.54) is 44.8 Å². The van der Waals surface area contributed by atoms with Gasteiger partial charge in [-0.15, -0.1) is 0 Å². The lowest BCUT2D eigenvalue weighted by atomic mass is 9.83. The number of rotatable bonds is 7. The molecule has 0 aromatic heterocycles.